The molecule has 0 radical (unpaired) electrons. The molecule has 0 saturated heterocycles. The molecule has 2 aromatic carbocycles. The number of rotatable bonds is 9. The smallest absolute Gasteiger partial charge is 0.355 e. The molecule has 2 N–H and O–H groups in total. The molecule has 70 heavy (non-hydrogen) atoms. The zero-order chi connectivity index (χ0) is 50.9. The summed E-state index contributed by atoms with van der Waals surface area (Å²) >= 11 is 3.35. The lowest BCUT2D eigenvalue weighted by molar-refractivity contribution is -0.138. The van der Waals surface area contributed by atoms with Crippen LogP contribution in [0, 0.1) is 6.92 Å². The van der Waals surface area contributed by atoms with Crippen LogP contribution in [0.5, 0.6) is 0 Å². The fourth-order valence-corrected chi connectivity index (χ4v) is 7.16. The van der Waals surface area contributed by atoms with Gasteiger partial charge in [-0.3, -0.25) is 29.0 Å². The zero-order valence-electron chi connectivity index (χ0n) is 38.0. The highest BCUT2D eigenvalue weighted by Crippen LogP contribution is 2.32. The molecule has 6 aromatic heterocycles. The van der Waals surface area contributed by atoms with Gasteiger partial charge in [0.1, 0.15) is 11.6 Å². The van der Waals surface area contributed by atoms with E-state index < -0.39 is 29.4 Å². The fourth-order valence-electron chi connectivity index (χ4n) is 6.77. The van der Waals surface area contributed by atoms with Crippen molar-refractivity contribution >= 4 is 62.2 Å². The summed E-state index contributed by atoms with van der Waals surface area (Å²) in [6.45, 7) is 5.92. The van der Waals surface area contributed by atoms with Crippen LogP contribution in [0.1, 0.15) is 72.0 Å². The molecule has 0 aliphatic heterocycles. The topological polar surface area (TPSA) is 159 Å². The van der Waals surface area contributed by atoms with E-state index in [4.69, 9.17) is 0 Å². The number of aromatic nitrogens is 6. The van der Waals surface area contributed by atoms with Gasteiger partial charge in [-0.15, -0.1) is 0 Å². The molecule has 0 aliphatic carbocycles. The summed E-state index contributed by atoms with van der Waals surface area (Å²) in [6, 6.07) is 25.2. The average molecular weight is 1030 g/mol. The molecule has 362 valence electrons. The molecule has 21 heteroatoms. The second kappa shape index (κ2) is 22.0. The number of amides is 4. The minimum absolute atomic E-state index is 0.0370. The first-order valence-corrected chi connectivity index (χ1v) is 22.0. The Hall–Kier alpha value is -7.94. The molecule has 0 bridgehead atoms. The molecule has 0 fully saturated rings. The molecule has 0 saturated carbocycles. The highest BCUT2D eigenvalue weighted by atomic mass is 79.9. The fraction of sp³-hybridized carbons (Fsp3) is 0.184. The van der Waals surface area contributed by atoms with Gasteiger partial charge >= 0.3 is 12.4 Å². The minimum Gasteiger partial charge on any atom is -0.355 e. The molecule has 8 rings (SSSR count). The Morgan fingerprint density at radius 2 is 1.00 bits per heavy atom. The number of carbonyl (C=O) groups is 4. The normalized spacial score (nSPS) is 11.2. The molecule has 0 atom stereocenters. The molecule has 0 unspecified atom stereocenters. The molecule has 8 aromatic rings. The number of anilines is 2. The SMILES string of the molecule is CCN(C(=O)c1ccn2ncc(-c3ccc(C(=O)NC)cc3)c2c1)c1ccc(C(F)(F)F)cn1.CCN(C(=O)c1ccn2ncc(Br)c2c1)c1ccc(C(F)(F)F)cn1.CNC(=O)c1ccc(C)cc1. The van der Waals surface area contributed by atoms with Gasteiger partial charge in [-0.05, 0) is 115 Å². The molecular formula is C49H43BrF6N10O4. The lowest BCUT2D eigenvalue weighted by atomic mass is 10.0. The number of pyridine rings is 4. The summed E-state index contributed by atoms with van der Waals surface area (Å²) in [4.78, 5) is 59.0. The maximum Gasteiger partial charge on any atom is 0.417 e. The predicted molar refractivity (Wildman–Crippen MR) is 255 cm³/mol. The summed E-state index contributed by atoms with van der Waals surface area (Å²) in [5.41, 5.74) is 4.31. The molecule has 0 aliphatic rings. The first-order chi connectivity index (χ1) is 33.3. The second-order valence-electron chi connectivity index (χ2n) is 15.0. The maximum absolute atomic E-state index is 13.2. The van der Waals surface area contributed by atoms with Crippen molar-refractivity contribution in [3.63, 3.8) is 0 Å². The van der Waals surface area contributed by atoms with Gasteiger partial charge in [0.05, 0.1) is 39.0 Å². The predicted octanol–water partition coefficient (Wildman–Crippen LogP) is 9.97. The third-order valence-electron chi connectivity index (χ3n) is 10.5. The number of carbonyl (C=O) groups excluding carboxylic acids is 4. The van der Waals surface area contributed by atoms with Crippen LogP contribution in [-0.2, 0) is 12.4 Å². The number of fused-ring (bicyclic) bond motifs is 2. The molecule has 4 amide bonds. The standard InChI is InChI=1S/C24H20F3N5O2.C16H12BrF3N4O.C9H11NO/c1-3-31(21-9-8-18(13-29-21)24(25,26)27)23(34)17-10-11-32-20(12-17)19(14-30-32)15-4-6-16(7-5-15)22(33)28-2;1-2-23(14-4-3-11(8-21-14)16(18,19)20)15(25)10-5-6-24-13(7-10)12(17)9-22-24;1-7-3-5-8(6-4-7)9(11)10-2/h4-14H,3H2,1-2H3,(H,28,33);3-9H,2H2,1H3;3-6H,1-2H3,(H,10,11). The second-order valence-corrected chi connectivity index (χ2v) is 15.9. The van der Waals surface area contributed by atoms with Crippen LogP contribution in [0.4, 0.5) is 38.0 Å². The Bertz CT molecular complexity index is 3120. The Balaban J connectivity index is 0.000000194. The lowest BCUT2D eigenvalue weighted by Crippen LogP contribution is -2.31. The van der Waals surface area contributed by atoms with Crippen LogP contribution < -0.4 is 20.4 Å². The Labute approximate surface area is 405 Å². The van der Waals surface area contributed by atoms with Crippen LogP contribution in [0.15, 0.2) is 139 Å². The molecular weight excluding hydrogens is 986 g/mol. The minimum atomic E-state index is -4.51. The monoisotopic (exact) mass is 1030 g/mol. The lowest BCUT2D eigenvalue weighted by Gasteiger charge is -2.20. The number of aryl methyl sites for hydroxylation is 1. The van der Waals surface area contributed by atoms with E-state index in [-0.39, 0.29) is 42.4 Å². The van der Waals surface area contributed by atoms with Crippen LogP contribution in [0.2, 0.25) is 0 Å². The Kier molecular flexibility index (Phi) is 16.2. The van der Waals surface area contributed by atoms with Crippen molar-refractivity contribution in [2.75, 3.05) is 37.0 Å². The molecule has 14 nitrogen and oxygen atoms in total. The van der Waals surface area contributed by atoms with Gasteiger partial charge in [-0.1, -0.05) is 29.8 Å². The number of alkyl halides is 6. The van der Waals surface area contributed by atoms with E-state index in [0.717, 1.165) is 39.5 Å². The van der Waals surface area contributed by atoms with Gasteiger partial charge in [-0.2, -0.15) is 36.5 Å². The van der Waals surface area contributed by atoms with Gasteiger partial charge in [0.25, 0.3) is 23.6 Å². The Morgan fingerprint density at radius 3 is 1.41 bits per heavy atom. The van der Waals surface area contributed by atoms with E-state index in [0.29, 0.717) is 39.5 Å². The van der Waals surface area contributed by atoms with Crippen molar-refractivity contribution in [3.8, 4) is 11.1 Å². The summed E-state index contributed by atoms with van der Waals surface area (Å²) in [5.74, 6) is -0.711. The number of nitrogens with zero attached hydrogens (tertiary/aromatic N) is 8. The molecule has 0 spiro atoms. The highest BCUT2D eigenvalue weighted by molar-refractivity contribution is 9.10. The van der Waals surface area contributed by atoms with Crippen molar-refractivity contribution in [2.24, 2.45) is 0 Å². The van der Waals surface area contributed by atoms with Gasteiger partial charge in [0.15, 0.2) is 0 Å². The van der Waals surface area contributed by atoms with Crippen LogP contribution >= 0.6 is 15.9 Å². The first-order valence-electron chi connectivity index (χ1n) is 21.2. The van der Waals surface area contributed by atoms with Crippen LogP contribution in [-0.4, -0.2) is 80.0 Å². The van der Waals surface area contributed by atoms with Gasteiger partial charge in [-0.25, -0.2) is 19.0 Å². The van der Waals surface area contributed by atoms with Gasteiger partial charge in [0, 0.05) is 79.8 Å². The maximum atomic E-state index is 13.2. The van der Waals surface area contributed by atoms with E-state index in [1.807, 2.05) is 31.2 Å². The third-order valence-corrected chi connectivity index (χ3v) is 11.2. The number of halogens is 7. The van der Waals surface area contributed by atoms with E-state index in [9.17, 15) is 45.5 Å². The number of hydrogen-bond acceptors (Lipinski definition) is 8. The van der Waals surface area contributed by atoms with E-state index >= 15 is 0 Å². The van der Waals surface area contributed by atoms with E-state index in [1.54, 1.807) is 110 Å². The van der Waals surface area contributed by atoms with Crippen molar-refractivity contribution in [1.82, 2.24) is 39.8 Å². The van der Waals surface area contributed by atoms with Crippen molar-refractivity contribution in [1.29, 1.82) is 0 Å². The van der Waals surface area contributed by atoms with E-state index in [2.05, 4.69) is 46.7 Å². The number of nitrogens with one attached hydrogen (secondary N) is 2. The van der Waals surface area contributed by atoms with Crippen molar-refractivity contribution in [3.05, 3.63) is 178 Å². The number of hydrogen-bond donors (Lipinski definition) is 2. The van der Waals surface area contributed by atoms with Crippen molar-refractivity contribution in [2.45, 2.75) is 33.1 Å². The molecule has 6 heterocycles. The average Bonchev–Trinajstić information content (AvgIpc) is 3.96. The highest BCUT2D eigenvalue weighted by Gasteiger charge is 2.32. The van der Waals surface area contributed by atoms with Crippen LogP contribution in [0.3, 0.4) is 0 Å². The summed E-state index contributed by atoms with van der Waals surface area (Å²) in [7, 11) is 3.18. The van der Waals surface area contributed by atoms with Crippen molar-refractivity contribution < 1.29 is 45.5 Å². The summed E-state index contributed by atoms with van der Waals surface area (Å²) < 4.78 is 80.5. The Morgan fingerprint density at radius 1 is 0.571 bits per heavy atom. The van der Waals surface area contributed by atoms with Crippen LogP contribution in [0.25, 0.3) is 22.2 Å². The largest absolute Gasteiger partial charge is 0.417 e. The summed E-state index contributed by atoms with van der Waals surface area (Å²) in [6.07, 6.45) is -0.985. The zero-order valence-corrected chi connectivity index (χ0v) is 39.6. The quantitative estimate of drug-likeness (QED) is 0.135. The third kappa shape index (κ3) is 12.0. The van der Waals surface area contributed by atoms with E-state index in [1.165, 1.54) is 21.9 Å². The summed E-state index contributed by atoms with van der Waals surface area (Å²) in [5, 5.41) is 13.5. The van der Waals surface area contributed by atoms with Gasteiger partial charge < -0.3 is 10.6 Å². The number of benzene rings is 2. The van der Waals surface area contributed by atoms with Gasteiger partial charge in [0.2, 0.25) is 0 Å². The first kappa shape index (κ1) is 51.5.